The molecule has 0 saturated carbocycles. The third kappa shape index (κ3) is 4.13. The molecule has 1 saturated heterocycles. The molecule has 2 aromatic rings. The Morgan fingerprint density at radius 3 is 2.15 bits per heavy atom. The topological polar surface area (TPSA) is 89.4 Å². The Morgan fingerprint density at radius 2 is 1.56 bits per heavy atom. The van der Waals surface area contributed by atoms with Gasteiger partial charge in [-0.2, -0.15) is 0 Å². The Bertz CT molecular complexity index is 811. The van der Waals surface area contributed by atoms with Crippen LogP contribution in [0.2, 0.25) is 0 Å². The molecule has 1 heterocycles. The maximum atomic E-state index is 12.3. The number of carbonyl (C=O) groups excluding carboxylic acids is 2. The molecule has 142 valence electrons. The third-order valence-electron chi connectivity index (χ3n) is 5.48. The van der Waals surface area contributed by atoms with Crippen LogP contribution in [0, 0.1) is 0 Å². The van der Waals surface area contributed by atoms with E-state index in [-0.39, 0.29) is 11.8 Å². The highest BCUT2D eigenvalue weighted by atomic mass is 16.1. The Kier molecular flexibility index (Phi) is 5.79. The van der Waals surface area contributed by atoms with Crippen molar-refractivity contribution in [2.45, 2.75) is 38.0 Å². The molecule has 4 N–H and O–H groups in total. The SMILES string of the molecule is CC(c1ccccc1N1CCCCC1)C(C(N)=O)c1ccc(C(N)=O)cc1. The van der Waals surface area contributed by atoms with E-state index in [1.165, 1.54) is 24.9 Å². The number of benzene rings is 2. The van der Waals surface area contributed by atoms with Crippen molar-refractivity contribution in [2.24, 2.45) is 11.5 Å². The second-order valence-electron chi connectivity index (χ2n) is 7.26. The minimum Gasteiger partial charge on any atom is -0.371 e. The number of hydrogen-bond donors (Lipinski definition) is 2. The van der Waals surface area contributed by atoms with Crippen molar-refractivity contribution < 1.29 is 9.59 Å². The molecule has 2 amide bonds. The van der Waals surface area contributed by atoms with E-state index < -0.39 is 11.8 Å². The number of primary amides is 2. The molecule has 1 fully saturated rings. The van der Waals surface area contributed by atoms with Crippen molar-refractivity contribution in [1.29, 1.82) is 0 Å². The normalized spacial score (nSPS) is 16.6. The van der Waals surface area contributed by atoms with Crippen LogP contribution in [0.15, 0.2) is 48.5 Å². The molecule has 0 bridgehead atoms. The van der Waals surface area contributed by atoms with Crippen LogP contribution in [0.25, 0.3) is 0 Å². The predicted molar refractivity (Wildman–Crippen MR) is 108 cm³/mol. The van der Waals surface area contributed by atoms with E-state index in [0.29, 0.717) is 5.56 Å². The minimum absolute atomic E-state index is 0.0833. The first-order chi connectivity index (χ1) is 13.0. The van der Waals surface area contributed by atoms with Crippen molar-refractivity contribution in [3.8, 4) is 0 Å². The lowest BCUT2D eigenvalue weighted by atomic mass is 9.81. The maximum absolute atomic E-state index is 12.3. The molecule has 1 aliphatic heterocycles. The Hall–Kier alpha value is -2.82. The van der Waals surface area contributed by atoms with E-state index in [1.807, 2.05) is 19.1 Å². The van der Waals surface area contributed by atoms with Crippen molar-refractivity contribution >= 4 is 17.5 Å². The number of hydrogen-bond acceptors (Lipinski definition) is 3. The average Bonchev–Trinajstić information content (AvgIpc) is 2.69. The molecule has 0 radical (unpaired) electrons. The quantitative estimate of drug-likeness (QED) is 0.824. The van der Waals surface area contributed by atoms with Gasteiger partial charge in [-0.25, -0.2) is 0 Å². The minimum atomic E-state index is -0.485. The van der Waals surface area contributed by atoms with Crippen LogP contribution in [0.4, 0.5) is 5.69 Å². The molecule has 2 atom stereocenters. The van der Waals surface area contributed by atoms with Gasteiger partial charge in [0, 0.05) is 24.3 Å². The highest BCUT2D eigenvalue weighted by Crippen LogP contribution is 2.38. The summed E-state index contributed by atoms with van der Waals surface area (Å²) in [5.74, 6) is -1.42. The summed E-state index contributed by atoms with van der Waals surface area (Å²) in [6, 6.07) is 15.1. The number of nitrogens with two attached hydrogens (primary N) is 2. The van der Waals surface area contributed by atoms with Gasteiger partial charge in [-0.05, 0) is 54.5 Å². The highest BCUT2D eigenvalue weighted by Gasteiger charge is 2.29. The van der Waals surface area contributed by atoms with Gasteiger partial charge >= 0.3 is 0 Å². The van der Waals surface area contributed by atoms with Crippen LogP contribution in [-0.2, 0) is 4.79 Å². The van der Waals surface area contributed by atoms with Crippen LogP contribution in [0.5, 0.6) is 0 Å². The van der Waals surface area contributed by atoms with Crippen LogP contribution < -0.4 is 16.4 Å². The second-order valence-corrected chi connectivity index (χ2v) is 7.26. The van der Waals surface area contributed by atoms with Crippen LogP contribution in [0.3, 0.4) is 0 Å². The molecule has 2 aromatic carbocycles. The average molecular weight is 365 g/mol. The van der Waals surface area contributed by atoms with Crippen molar-refractivity contribution in [3.05, 3.63) is 65.2 Å². The van der Waals surface area contributed by atoms with Gasteiger partial charge in [-0.3, -0.25) is 9.59 Å². The fraction of sp³-hybridized carbons (Fsp3) is 0.364. The molecule has 2 unspecified atom stereocenters. The first kappa shape index (κ1) is 19.0. The third-order valence-corrected chi connectivity index (χ3v) is 5.48. The summed E-state index contributed by atoms with van der Waals surface area (Å²) in [5, 5.41) is 0. The molecule has 0 spiro atoms. The summed E-state index contributed by atoms with van der Waals surface area (Å²) in [4.78, 5) is 26.1. The number of amides is 2. The second kappa shape index (κ2) is 8.25. The molecular weight excluding hydrogens is 338 g/mol. The standard InChI is InChI=1S/C22H27N3O2/c1-15(18-7-3-4-8-19(18)25-13-5-2-6-14-25)20(22(24)27)16-9-11-17(12-10-16)21(23)26/h3-4,7-12,15,20H,2,5-6,13-14H2,1H3,(H2,23,26)(H2,24,27). The monoisotopic (exact) mass is 365 g/mol. The number of piperidine rings is 1. The fourth-order valence-corrected chi connectivity index (χ4v) is 4.03. The molecule has 1 aliphatic rings. The van der Waals surface area contributed by atoms with E-state index in [1.54, 1.807) is 24.3 Å². The van der Waals surface area contributed by atoms with E-state index in [0.717, 1.165) is 24.2 Å². The molecule has 3 rings (SSSR count). The van der Waals surface area contributed by atoms with Gasteiger partial charge in [0.05, 0.1) is 5.92 Å². The zero-order valence-corrected chi connectivity index (χ0v) is 15.7. The first-order valence-corrected chi connectivity index (χ1v) is 9.52. The number of para-hydroxylation sites is 1. The summed E-state index contributed by atoms with van der Waals surface area (Å²) >= 11 is 0. The lowest BCUT2D eigenvalue weighted by molar-refractivity contribution is -0.119. The molecular formula is C22H27N3O2. The number of carbonyl (C=O) groups is 2. The summed E-state index contributed by atoms with van der Waals surface area (Å²) in [6.45, 7) is 4.12. The summed E-state index contributed by atoms with van der Waals surface area (Å²) in [7, 11) is 0. The van der Waals surface area contributed by atoms with E-state index in [4.69, 9.17) is 11.5 Å². The zero-order chi connectivity index (χ0) is 19.4. The number of anilines is 1. The van der Waals surface area contributed by atoms with Gasteiger partial charge in [0.25, 0.3) is 0 Å². The first-order valence-electron chi connectivity index (χ1n) is 9.52. The van der Waals surface area contributed by atoms with Gasteiger partial charge in [0.1, 0.15) is 0 Å². The van der Waals surface area contributed by atoms with Gasteiger partial charge in [-0.15, -0.1) is 0 Å². The van der Waals surface area contributed by atoms with E-state index in [9.17, 15) is 9.59 Å². The maximum Gasteiger partial charge on any atom is 0.248 e. The van der Waals surface area contributed by atoms with Gasteiger partial charge < -0.3 is 16.4 Å². The molecule has 0 aromatic heterocycles. The number of rotatable bonds is 6. The summed E-state index contributed by atoms with van der Waals surface area (Å²) < 4.78 is 0. The van der Waals surface area contributed by atoms with Crippen molar-refractivity contribution in [3.63, 3.8) is 0 Å². The van der Waals surface area contributed by atoms with Gasteiger partial charge in [0.15, 0.2) is 0 Å². The van der Waals surface area contributed by atoms with Gasteiger partial charge in [0.2, 0.25) is 11.8 Å². The van der Waals surface area contributed by atoms with E-state index in [2.05, 4.69) is 17.0 Å². The Balaban J connectivity index is 1.95. The number of nitrogens with zero attached hydrogens (tertiary/aromatic N) is 1. The van der Waals surface area contributed by atoms with Crippen molar-refractivity contribution in [2.75, 3.05) is 18.0 Å². The lowest BCUT2D eigenvalue weighted by Crippen LogP contribution is -2.32. The molecule has 27 heavy (non-hydrogen) atoms. The zero-order valence-electron chi connectivity index (χ0n) is 15.7. The molecule has 0 aliphatic carbocycles. The lowest BCUT2D eigenvalue weighted by Gasteiger charge is -2.33. The largest absolute Gasteiger partial charge is 0.371 e. The fourth-order valence-electron chi connectivity index (χ4n) is 4.03. The van der Waals surface area contributed by atoms with Gasteiger partial charge in [-0.1, -0.05) is 37.3 Å². The summed E-state index contributed by atoms with van der Waals surface area (Å²) in [5.41, 5.74) is 14.6. The Morgan fingerprint density at radius 1 is 0.926 bits per heavy atom. The van der Waals surface area contributed by atoms with Crippen LogP contribution in [-0.4, -0.2) is 24.9 Å². The molecule has 5 heteroatoms. The molecule has 5 nitrogen and oxygen atoms in total. The van der Waals surface area contributed by atoms with Crippen LogP contribution in [0.1, 0.15) is 59.5 Å². The van der Waals surface area contributed by atoms with Crippen LogP contribution >= 0.6 is 0 Å². The summed E-state index contributed by atoms with van der Waals surface area (Å²) in [6.07, 6.45) is 3.65. The predicted octanol–water partition coefficient (Wildman–Crippen LogP) is 3.15. The highest BCUT2D eigenvalue weighted by molar-refractivity contribution is 5.93. The van der Waals surface area contributed by atoms with E-state index >= 15 is 0 Å². The smallest absolute Gasteiger partial charge is 0.248 e. The Labute approximate surface area is 160 Å². The van der Waals surface area contributed by atoms with Crippen molar-refractivity contribution in [1.82, 2.24) is 0 Å².